The molecule has 0 aliphatic rings. The molecule has 2 nitrogen and oxygen atoms in total. The van der Waals surface area contributed by atoms with Gasteiger partial charge in [-0.1, -0.05) is 45.0 Å². The van der Waals surface area contributed by atoms with Crippen LogP contribution in [0.4, 0.5) is 4.39 Å². The second-order valence-corrected chi connectivity index (χ2v) is 6.07. The molecule has 1 aromatic heterocycles. The third-order valence-corrected chi connectivity index (χ3v) is 3.47. The van der Waals surface area contributed by atoms with Gasteiger partial charge in [-0.05, 0) is 29.2 Å². The molecule has 3 rings (SSSR count). The molecule has 102 valence electrons. The fourth-order valence-electron chi connectivity index (χ4n) is 2.25. The molecule has 0 saturated heterocycles. The number of nitrogens with zero attached hydrogens (tertiary/aromatic N) is 1. The number of aromatic amines is 1. The van der Waals surface area contributed by atoms with Crippen molar-refractivity contribution in [3.63, 3.8) is 0 Å². The zero-order chi connectivity index (χ0) is 14.3. The van der Waals surface area contributed by atoms with Gasteiger partial charge < -0.3 is 4.98 Å². The number of fused-ring (bicyclic) bond motifs is 1. The lowest BCUT2D eigenvalue weighted by molar-refractivity contribution is 0.590. The van der Waals surface area contributed by atoms with Gasteiger partial charge >= 0.3 is 0 Å². The molecular weight excluding hydrogens is 251 g/mol. The van der Waals surface area contributed by atoms with E-state index in [9.17, 15) is 4.39 Å². The Hall–Kier alpha value is -2.16. The molecule has 0 unspecified atom stereocenters. The number of rotatable bonds is 1. The Balaban J connectivity index is 2.02. The number of halogens is 1. The highest BCUT2D eigenvalue weighted by atomic mass is 19.1. The quantitative estimate of drug-likeness (QED) is 0.682. The van der Waals surface area contributed by atoms with Crippen LogP contribution in [-0.4, -0.2) is 9.97 Å². The maximum atomic E-state index is 13.2. The molecule has 3 aromatic rings. The van der Waals surface area contributed by atoms with Crippen molar-refractivity contribution in [1.82, 2.24) is 9.97 Å². The summed E-state index contributed by atoms with van der Waals surface area (Å²) in [5.41, 5.74) is 3.93. The van der Waals surface area contributed by atoms with Crippen molar-refractivity contribution in [2.24, 2.45) is 0 Å². The van der Waals surface area contributed by atoms with Gasteiger partial charge in [0, 0.05) is 5.56 Å². The lowest BCUT2D eigenvalue weighted by Crippen LogP contribution is -2.10. The van der Waals surface area contributed by atoms with Gasteiger partial charge in [0.05, 0.1) is 11.0 Å². The normalized spacial score (nSPS) is 12.0. The van der Waals surface area contributed by atoms with Crippen molar-refractivity contribution < 1.29 is 4.39 Å². The lowest BCUT2D eigenvalue weighted by Gasteiger charge is -2.18. The molecular formula is C17H17FN2. The van der Waals surface area contributed by atoms with Crippen molar-refractivity contribution in [3.05, 3.63) is 53.8 Å². The molecule has 0 radical (unpaired) electrons. The van der Waals surface area contributed by atoms with Gasteiger partial charge in [0.1, 0.15) is 11.6 Å². The first-order chi connectivity index (χ1) is 9.43. The Kier molecular flexibility index (Phi) is 2.85. The van der Waals surface area contributed by atoms with Crippen LogP contribution in [0.1, 0.15) is 26.3 Å². The monoisotopic (exact) mass is 268 g/mol. The third-order valence-electron chi connectivity index (χ3n) is 3.47. The molecule has 0 bridgehead atoms. The van der Waals surface area contributed by atoms with Crippen LogP contribution in [0.25, 0.3) is 22.4 Å². The predicted molar refractivity (Wildman–Crippen MR) is 80.2 cm³/mol. The van der Waals surface area contributed by atoms with Crippen LogP contribution in [0.5, 0.6) is 0 Å². The first-order valence-corrected chi connectivity index (χ1v) is 6.70. The van der Waals surface area contributed by atoms with E-state index in [4.69, 9.17) is 0 Å². The predicted octanol–water partition coefficient (Wildman–Crippen LogP) is 4.67. The fourth-order valence-corrected chi connectivity index (χ4v) is 2.25. The number of aromatic nitrogens is 2. The van der Waals surface area contributed by atoms with Gasteiger partial charge in [0.25, 0.3) is 0 Å². The summed E-state index contributed by atoms with van der Waals surface area (Å²) in [4.78, 5) is 7.65. The second-order valence-electron chi connectivity index (χ2n) is 6.07. The molecule has 1 N–H and O–H groups in total. The number of hydrogen-bond acceptors (Lipinski definition) is 1. The number of hydrogen-bond donors (Lipinski definition) is 1. The average molecular weight is 268 g/mol. The van der Waals surface area contributed by atoms with E-state index in [0.29, 0.717) is 0 Å². The summed E-state index contributed by atoms with van der Waals surface area (Å²) in [5, 5.41) is 0. The van der Waals surface area contributed by atoms with Crippen LogP contribution < -0.4 is 0 Å². The zero-order valence-corrected chi connectivity index (χ0v) is 11.9. The van der Waals surface area contributed by atoms with Crippen LogP contribution in [0.15, 0.2) is 42.5 Å². The number of H-pyrrole nitrogens is 1. The third kappa shape index (κ3) is 2.31. The van der Waals surface area contributed by atoms with E-state index in [1.54, 1.807) is 6.07 Å². The lowest BCUT2D eigenvalue weighted by atomic mass is 9.87. The summed E-state index contributed by atoms with van der Waals surface area (Å²) in [6.07, 6.45) is 0. The minimum absolute atomic E-state index is 0.134. The van der Waals surface area contributed by atoms with E-state index in [1.165, 1.54) is 17.7 Å². The molecule has 0 fully saturated rings. The Labute approximate surface area is 117 Å². The molecule has 0 aliphatic heterocycles. The van der Waals surface area contributed by atoms with Crippen LogP contribution >= 0.6 is 0 Å². The summed E-state index contributed by atoms with van der Waals surface area (Å²) in [6, 6.07) is 12.9. The molecule has 0 aliphatic carbocycles. The highest BCUT2D eigenvalue weighted by Crippen LogP contribution is 2.26. The van der Waals surface area contributed by atoms with Crippen LogP contribution in [-0.2, 0) is 5.41 Å². The molecule has 0 amide bonds. The van der Waals surface area contributed by atoms with Crippen molar-refractivity contribution >= 4 is 11.0 Å². The van der Waals surface area contributed by atoms with Crippen LogP contribution in [0.3, 0.4) is 0 Å². The van der Waals surface area contributed by atoms with E-state index in [0.717, 1.165) is 22.4 Å². The number of imidazole rings is 1. The molecule has 0 atom stereocenters. The average Bonchev–Trinajstić information content (AvgIpc) is 2.80. The second kappa shape index (κ2) is 4.44. The van der Waals surface area contributed by atoms with Gasteiger partial charge in [0.15, 0.2) is 0 Å². The van der Waals surface area contributed by atoms with Crippen molar-refractivity contribution in [3.8, 4) is 11.4 Å². The summed E-state index contributed by atoms with van der Waals surface area (Å²) in [7, 11) is 0. The van der Waals surface area contributed by atoms with E-state index < -0.39 is 0 Å². The minimum Gasteiger partial charge on any atom is -0.338 e. The van der Waals surface area contributed by atoms with Crippen molar-refractivity contribution in [1.29, 1.82) is 0 Å². The standard InChI is InChI=1S/C17H17FN2/c1-17(2,3)12-6-4-11(5-7-12)16-19-14-9-8-13(18)10-15(14)20-16/h4-10H,1-3H3,(H,19,20). The Morgan fingerprint density at radius 2 is 1.70 bits per heavy atom. The number of benzene rings is 2. The zero-order valence-electron chi connectivity index (χ0n) is 11.9. The minimum atomic E-state index is -0.254. The largest absolute Gasteiger partial charge is 0.338 e. The highest BCUT2D eigenvalue weighted by Gasteiger charge is 2.13. The molecule has 3 heteroatoms. The van der Waals surface area contributed by atoms with Gasteiger partial charge in [-0.15, -0.1) is 0 Å². The smallest absolute Gasteiger partial charge is 0.138 e. The molecule has 1 heterocycles. The van der Waals surface area contributed by atoms with E-state index in [2.05, 4.69) is 55.0 Å². The van der Waals surface area contributed by atoms with Gasteiger partial charge in [0.2, 0.25) is 0 Å². The topological polar surface area (TPSA) is 28.7 Å². The summed E-state index contributed by atoms with van der Waals surface area (Å²) < 4.78 is 13.2. The Morgan fingerprint density at radius 1 is 1.00 bits per heavy atom. The number of nitrogens with one attached hydrogen (secondary N) is 1. The van der Waals surface area contributed by atoms with Crippen LogP contribution in [0.2, 0.25) is 0 Å². The van der Waals surface area contributed by atoms with Crippen molar-refractivity contribution in [2.75, 3.05) is 0 Å². The fraction of sp³-hybridized carbons (Fsp3) is 0.235. The molecule has 0 saturated carbocycles. The molecule has 2 aromatic carbocycles. The Bertz CT molecular complexity index is 749. The van der Waals surface area contributed by atoms with Gasteiger partial charge in [-0.3, -0.25) is 0 Å². The maximum Gasteiger partial charge on any atom is 0.138 e. The van der Waals surface area contributed by atoms with E-state index >= 15 is 0 Å². The van der Waals surface area contributed by atoms with Crippen molar-refractivity contribution in [2.45, 2.75) is 26.2 Å². The first-order valence-electron chi connectivity index (χ1n) is 6.70. The first kappa shape index (κ1) is 12.9. The maximum absolute atomic E-state index is 13.2. The van der Waals surface area contributed by atoms with Gasteiger partial charge in [-0.25, -0.2) is 9.37 Å². The summed E-state index contributed by atoms with van der Waals surface area (Å²) in [6.45, 7) is 6.56. The van der Waals surface area contributed by atoms with E-state index in [1.807, 2.05) is 0 Å². The summed E-state index contributed by atoms with van der Waals surface area (Å²) in [5.74, 6) is 0.516. The van der Waals surface area contributed by atoms with Crippen LogP contribution in [0, 0.1) is 5.82 Å². The van der Waals surface area contributed by atoms with E-state index in [-0.39, 0.29) is 11.2 Å². The SMILES string of the molecule is CC(C)(C)c1ccc(-c2nc3ccc(F)cc3[nH]2)cc1. The molecule has 0 spiro atoms. The summed E-state index contributed by atoms with van der Waals surface area (Å²) >= 11 is 0. The highest BCUT2D eigenvalue weighted by molar-refractivity contribution is 5.79. The Morgan fingerprint density at radius 3 is 2.35 bits per heavy atom. The van der Waals surface area contributed by atoms with Gasteiger partial charge in [-0.2, -0.15) is 0 Å². The molecule has 20 heavy (non-hydrogen) atoms.